The summed E-state index contributed by atoms with van der Waals surface area (Å²) in [6, 6.07) is 10.4. The molecule has 1 unspecified atom stereocenters. The summed E-state index contributed by atoms with van der Waals surface area (Å²) < 4.78 is 2.24. The highest BCUT2D eigenvalue weighted by Crippen LogP contribution is 2.17. The fraction of sp³-hybridized carbons (Fsp3) is 0.438. The first kappa shape index (κ1) is 13.8. The van der Waals surface area contributed by atoms with Gasteiger partial charge in [0.25, 0.3) is 0 Å². The van der Waals surface area contributed by atoms with E-state index in [0.717, 1.165) is 25.5 Å². The predicted octanol–water partition coefficient (Wildman–Crippen LogP) is 3.19. The van der Waals surface area contributed by atoms with Crippen LogP contribution in [0.2, 0.25) is 0 Å². The monoisotopic (exact) mass is 257 g/mol. The first-order valence-corrected chi connectivity index (χ1v) is 7.08. The maximum Gasteiger partial charge on any atom is 0.139 e. The van der Waals surface area contributed by atoms with Crippen molar-refractivity contribution in [3.05, 3.63) is 42.7 Å². The average Bonchev–Trinajstić information content (AvgIpc) is 2.88. The van der Waals surface area contributed by atoms with Crippen LogP contribution in [0, 0.1) is 5.92 Å². The van der Waals surface area contributed by atoms with E-state index in [1.165, 1.54) is 12.0 Å². The van der Waals surface area contributed by atoms with Crippen molar-refractivity contribution in [2.45, 2.75) is 26.8 Å². The number of benzene rings is 1. The highest BCUT2D eigenvalue weighted by atomic mass is 15.1. The molecule has 0 fully saturated rings. The number of nitrogens with zero attached hydrogens (tertiary/aromatic N) is 2. The predicted molar refractivity (Wildman–Crippen MR) is 80.0 cm³/mol. The summed E-state index contributed by atoms with van der Waals surface area (Å²) in [6.07, 6.45) is 5.14. The summed E-state index contributed by atoms with van der Waals surface area (Å²) in [5, 5.41) is 3.47. The molecule has 0 bridgehead atoms. The van der Waals surface area contributed by atoms with Gasteiger partial charge in [-0.05, 0) is 25.4 Å². The van der Waals surface area contributed by atoms with E-state index in [2.05, 4.69) is 59.2 Å². The second-order valence-corrected chi connectivity index (χ2v) is 5.08. The molecule has 3 heteroatoms. The minimum atomic E-state index is 0.600. The second-order valence-electron chi connectivity index (χ2n) is 5.08. The Morgan fingerprint density at radius 1 is 1.26 bits per heavy atom. The van der Waals surface area contributed by atoms with Gasteiger partial charge in [0.05, 0.1) is 0 Å². The zero-order chi connectivity index (χ0) is 13.5. The Morgan fingerprint density at radius 3 is 2.79 bits per heavy atom. The highest BCUT2D eigenvalue weighted by Gasteiger charge is 2.08. The second kappa shape index (κ2) is 7.10. The Labute approximate surface area is 115 Å². The molecule has 0 aliphatic heterocycles. The lowest BCUT2D eigenvalue weighted by molar-refractivity contribution is 0.448. The largest absolute Gasteiger partial charge is 0.331 e. The summed E-state index contributed by atoms with van der Waals surface area (Å²) in [4.78, 5) is 4.48. The standard InChI is InChI=1S/C16H23N3/c1-3-9-17-12-14(2)13-19-11-10-18-16(19)15-7-5-4-6-8-15/h4-8,10-11,14,17H,3,9,12-13H2,1-2H3. The van der Waals surface area contributed by atoms with Gasteiger partial charge in [-0.1, -0.05) is 44.2 Å². The van der Waals surface area contributed by atoms with Gasteiger partial charge in [0.15, 0.2) is 0 Å². The highest BCUT2D eigenvalue weighted by molar-refractivity contribution is 5.55. The number of aromatic nitrogens is 2. The first-order chi connectivity index (χ1) is 9.31. The maximum absolute atomic E-state index is 4.48. The summed E-state index contributed by atoms with van der Waals surface area (Å²) in [6.45, 7) is 7.62. The van der Waals surface area contributed by atoms with Crippen molar-refractivity contribution in [3.8, 4) is 11.4 Å². The van der Waals surface area contributed by atoms with Gasteiger partial charge < -0.3 is 9.88 Å². The van der Waals surface area contributed by atoms with Crippen molar-refractivity contribution < 1.29 is 0 Å². The van der Waals surface area contributed by atoms with Crippen LogP contribution in [-0.2, 0) is 6.54 Å². The SMILES string of the molecule is CCCNCC(C)Cn1ccnc1-c1ccccc1. The van der Waals surface area contributed by atoms with Gasteiger partial charge in [-0.15, -0.1) is 0 Å². The van der Waals surface area contributed by atoms with Crippen LogP contribution < -0.4 is 5.32 Å². The fourth-order valence-corrected chi connectivity index (χ4v) is 2.23. The Morgan fingerprint density at radius 2 is 2.05 bits per heavy atom. The molecule has 0 amide bonds. The van der Waals surface area contributed by atoms with Gasteiger partial charge >= 0.3 is 0 Å². The van der Waals surface area contributed by atoms with Crippen LogP contribution >= 0.6 is 0 Å². The van der Waals surface area contributed by atoms with Gasteiger partial charge in [0.2, 0.25) is 0 Å². The van der Waals surface area contributed by atoms with E-state index in [9.17, 15) is 0 Å². The topological polar surface area (TPSA) is 29.9 Å². The maximum atomic E-state index is 4.48. The van der Waals surface area contributed by atoms with E-state index in [4.69, 9.17) is 0 Å². The molecule has 0 aliphatic rings. The normalized spacial score (nSPS) is 12.5. The first-order valence-electron chi connectivity index (χ1n) is 7.08. The fourth-order valence-electron chi connectivity index (χ4n) is 2.23. The Balaban J connectivity index is 2.00. The lowest BCUT2D eigenvalue weighted by Gasteiger charge is -2.15. The molecule has 102 valence electrons. The summed E-state index contributed by atoms with van der Waals surface area (Å²) in [5.41, 5.74) is 1.18. The molecular weight excluding hydrogens is 234 g/mol. The molecule has 19 heavy (non-hydrogen) atoms. The van der Waals surface area contributed by atoms with Gasteiger partial charge in [-0.3, -0.25) is 0 Å². The van der Waals surface area contributed by atoms with Crippen LogP contribution in [0.4, 0.5) is 0 Å². The minimum Gasteiger partial charge on any atom is -0.331 e. The molecule has 1 aromatic carbocycles. The van der Waals surface area contributed by atoms with E-state index in [-0.39, 0.29) is 0 Å². The third-order valence-corrected chi connectivity index (χ3v) is 3.18. The number of nitrogens with one attached hydrogen (secondary N) is 1. The smallest absolute Gasteiger partial charge is 0.139 e. The molecular formula is C16H23N3. The quantitative estimate of drug-likeness (QED) is 0.772. The Hall–Kier alpha value is -1.61. The molecule has 2 rings (SSSR count). The number of hydrogen-bond acceptors (Lipinski definition) is 2. The molecule has 1 heterocycles. The third kappa shape index (κ3) is 3.93. The molecule has 0 spiro atoms. The van der Waals surface area contributed by atoms with Crippen molar-refractivity contribution in [2.24, 2.45) is 5.92 Å². The van der Waals surface area contributed by atoms with Gasteiger partial charge in [0, 0.05) is 24.5 Å². The summed E-state index contributed by atoms with van der Waals surface area (Å²) in [5.74, 6) is 1.66. The molecule has 0 saturated carbocycles. The van der Waals surface area contributed by atoms with E-state index in [1.807, 2.05) is 12.3 Å². The van der Waals surface area contributed by atoms with E-state index >= 15 is 0 Å². The zero-order valence-electron chi connectivity index (χ0n) is 11.8. The average molecular weight is 257 g/mol. The van der Waals surface area contributed by atoms with E-state index in [0.29, 0.717) is 5.92 Å². The van der Waals surface area contributed by atoms with Crippen molar-refractivity contribution in [1.29, 1.82) is 0 Å². The number of rotatable bonds is 7. The van der Waals surface area contributed by atoms with Gasteiger partial charge in [-0.25, -0.2) is 4.98 Å². The third-order valence-electron chi connectivity index (χ3n) is 3.18. The van der Waals surface area contributed by atoms with Crippen LogP contribution in [0.3, 0.4) is 0 Å². The minimum absolute atomic E-state index is 0.600. The van der Waals surface area contributed by atoms with Crippen LogP contribution in [0.5, 0.6) is 0 Å². The van der Waals surface area contributed by atoms with Crippen LogP contribution in [0.25, 0.3) is 11.4 Å². The number of hydrogen-bond donors (Lipinski definition) is 1. The molecule has 2 aromatic rings. The molecule has 0 radical (unpaired) electrons. The van der Waals surface area contributed by atoms with Crippen LogP contribution in [0.15, 0.2) is 42.7 Å². The molecule has 1 atom stereocenters. The molecule has 0 saturated heterocycles. The Kier molecular flexibility index (Phi) is 5.16. The Bertz CT molecular complexity index is 476. The molecule has 1 N–H and O–H groups in total. The van der Waals surface area contributed by atoms with Crippen molar-refractivity contribution in [1.82, 2.24) is 14.9 Å². The van der Waals surface area contributed by atoms with E-state index in [1.54, 1.807) is 0 Å². The van der Waals surface area contributed by atoms with E-state index < -0.39 is 0 Å². The van der Waals surface area contributed by atoms with Crippen molar-refractivity contribution in [3.63, 3.8) is 0 Å². The summed E-state index contributed by atoms with van der Waals surface area (Å²) in [7, 11) is 0. The number of imidazole rings is 1. The molecule has 0 aliphatic carbocycles. The lowest BCUT2D eigenvalue weighted by Crippen LogP contribution is -2.24. The van der Waals surface area contributed by atoms with Crippen molar-refractivity contribution in [2.75, 3.05) is 13.1 Å². The van der Waals surface area contributed by atoms with Crippen LogP contribution in [-0.4, -0.2) is 22.6 Å². The van der Waals surface area contributed by atoms with Gasteiger partial charge in [-0.2, -0.15) is 0 Å². The lowest BCUT2D eigenvalue weighted by atomic mass is 10.1. The molecule has 3 nitrogen and oxygen atoms in total. The zero-order valence-corrected chi connectivity index (χ0v) is 11.8. The van der Waals surface area contributed by atoms with Crippen LogP contribution in [0.1, 0.15) is 20.3 Å². The van der Waals surface area contributed by atoms with Gasteiger partial charge in [0.1, 0.15) is 5.82 Å². The molecule has 1 aromatic heterocycles. The van der Waals surface area contributed by atoms with Crippen molar-refractivity contribution >= 4 is 0 Å². The summed E-state index contributed by atoms with van der Waals surface area (Å²) >= 11 is 0.